The van der Waals surface area contributed by atoms with Crippen molar-refractivity contribution in [3.63, 3.8) is 0 Å². The van der Waals surface area contributed by atoms with Crippen LogP contribution in [0.4, 0.5) is 0 Å². The lowest BCUT2D eigenvalue weighted by atomic mass is 9.86. The Morgan fingerprint density at radius 3 is 1.11 bits per heavy atom. The summed E-state index contributed by atoms with van der Waals surface area (Å²) in [7, 11) is 0. The minimum Gasteiger partial charge on any atom is -0.0723 e. The fourth-order valence-electron chi connectivity index (χ4n) is 2.55. The van der Waals surface area contributed by atoms with Gasteiger partial charge in [-0.05, 0) is 18.1 Å². The summed E-state index contributed by atoms with van der Waals surface area (Å²) in [6.07, 6.45) is 0. The third-order valence-corrected chi connectivity index (χ3v) is 21.8. The van der Waals surface area contributed by atoms with Crippen LogP contribution in [-0.4, -0.2) is 12.9 Å². The first-order valence-corrected chi connectivity index (χ1v) is 14.7. The summed E-state index contributed by atoms with van der Waals surface area (Å²) in [5.74, 6) is 0. The zero-order valence-corrected chi connectivity index (χ0v) is 27.9. The van der Waals surface area contributed by atoms with Crippen LogP contribution in [0.15, 0.2) is 60.7 Å². The topological polar surface area (TPSA) is 0 Å². The Morgan fingerprint density at radius 1 is 0.481 bits per heavy atom. The van der Waals surface area contributed by atoms with Gasteiger partial charge in [0, 0.05) is 0 Å². The number of hydrogen-bond acceptors (Lipinski definition) is 0. The average Bonchev–Trinajstić information content (AvgIpc) is 2.61. The molecule has 27 heavy (non-hydrogen) atoms. The monoisotopic (exact) mass is 939 g/mol. The molecule has 0 N–H and O–H groups in total. The first-order valence-electron chi connectivity index (χ1n) is 7.52. The number of halogens is 9. The normalized spacial score (nSPS) is 14.3. The van der Waals surface area contributed by atoms with Gasteiger partial charge in [0.25, 0.3) is 0 Å². The van der Waals surface area contributed by atoms with Gasteiger partial charge in [0.1, 0.15) is 17.3 Å². The van der Waals surface area contributed by atoms with Gasteiger partial charge in [-0.25, -0.2) is 0 Å². The number of hydrogen-bond donors (Lipinski definition) is 0. The van der Waals surface area contributed by atoms with E-state index in [1.807, 2.05) is 43.3 Å². The first kappa shape index (κ1) is 26.0. The molecule has 0 unspecified atom stereocenters. The van der Waals surface area contributed by atoms with Gasteiger partial charge in [-0.3, -0.25) is 0 Å². The summed E-state index contributed by atoms with van der Waals surface area (Å²) in [5.41, 5.74) is 2.16. The van der Waals surface area contributed by atoms with Crippen LogP contribution in [0, 0.1) is 0 Å². The van der Waals surface area contributed by atoms with Crippen molar-refractivity contribution in [3.05, 3.63) is 71.8 Å². The van der Waals surface area contributed by atoms with E-state index < -0.39 is 17.3 Å². The maximum Gasteiger partial charge on any atom is 0.135 e. The number of rotatable bonds is 6. The minimum atomic E-state index is -0.781. The molecule has 0 spiro atoms. The van der Waals surface area contributed by atoms with E-state index in [0.717, 1.165) is 11.1 Å². The zero-order chi connectivity index (χ0) is 20.7. The molecular weight excluding hydrogens is 935 g/mol. The molecule has 9 heteroatoms. The molecule has 0 saturated heterocycles. The van der Waals surface area contributed by atoms with Gasteiger partial charge in [0.2, 0.25) is 0 Å². The standard InChI is InChI=1S/C18H13Br9/c1-14(19,20)16(22,23)18(26,27)17(24,25)15(21,12-8-4-2-5-9-12)13-10-6-3-7-11-13/h2-11H,1H3. The lowest BCUT2D eigenvalue weighted by Crippen LogP contribution is -2.61. The Balaban J connectivity index is 2.80. The van der Waals surface area contributed by atoms with Crippen molar-refractivity contribution < 1.29 is 0 Å². The van der Waals surface area contributed by atoms with E-state index >= 15 is 0 Å². The summed E-state index contributed by atoms with van der Waals surface area (Å²) >= 11 is 35.1. The Morgan fingerprint density at radius 2 is 0.815 bits per heavy atom. The molecule has 0 atom stereocenters. The predicted octanol–water partition coefficient (Wildman–Crippen LogP) is 10.3. The molecule has 0 saturated carbocycles. The van der Waals surface area contributed by atoms with Crippen LogP contribution in [0.3, 0.4) is 0 Å². The van der Waals surface area contributed by atoms with Crippen LogP contribution < -0.4 is 0 Å². The number of benzene rings is 2. The molecule has 0 fully saturated rings. The maximum atomic E-state index is 4.09. The van der Waals surface area contributed by atoms with E-state index in [1.54, 1.807) is 0 Å². The molecule has 0 bridgehead atoms. The highest BCUT2D eigenvalue weighted by molar-refractivity contribution is 9.34. The van der Waals surface area contributed by atoms with Crippen LogP contribution in [-0.2, 0) is 4.32 Å². The van der Waals surface area contributed by atoms with Gasteiger partial charge >= 0.3 is 0 Å². The fraction of sp³-hybridized carbons (Fsp3) is 0.333. The molecular formula is C18H13Br9. The SMILES string of the molecule is CC(Br)(Br)C(Br)(Br)C(Br)(Br)C(Br)(Br)C(Br)(c1ccccc1)c1ccccc1. The van der Waals surface area contributed by atoms with E-state index in [2.05, 4.69) is 168 Å². The summed E-state index contributed by atoms with van der Waals surface area (Å²) in [4.78, 5) is 0. The van der Waals surface area contributed by atoms with Crippen LogP contribution in [0.25, 0.3) is 0 Å². The quantitative estimate of drug-likeness (QED) is 0.253. The van der Waals surface area contributed by atoms with Crippen LogP contribution in [0.5, 0.6) is 0 Å². The van der Waals surface area contributed by atoms with Gasteiger partial charge in [-0.1, -0.05) is 204 Å². The number of alkyl halides is 9. The first-order chi connectivity index (χ1) is 12.2. The molecule has 0 radical (unpaired) electrons. The van der Waals surface area contributed by atoms with E-state index in [0.29, 0.717) is 0 Å². The summed E-state index contributed by atoms with van der Waals surface area (Å²) < 4.78 is -3.44. The van der Waals surface area contributed by atoms with Gasteiger partial charge < -0.3 is 0 Å². The van der Waals surface area contributed by atoms with Crippen molar-refractivity contribution in [2.24, 2.45) is 0 Å². The Labute approximate surface area is 235 Å². The Bertz CT molecular complexity index is 725. The molecule has 0 amide bonds. The van der Waals surface area contributed by atoms with Gasteiger partial charge in [-0.15, -0.1) is 0 Å². The predicted molar refractivity (Wildman–Crippen MR) is 151 cm³/mol. The zero-order valence-electron chi connectivity index (χ0n) is 13.7. The highest BCUT2D eigenvalue weighted by Crippen LogP contribution is 2.72. The van der Waals surface area contributed by atoms with Gasteiger partial charge in [-0.2, -0.15) is 0 Å². The molecule has 2 rings (SSSR count). The van der Waals surface area contributed by atoms with Crippen molar-refractivity contribution in [1.82, 2.24) is 0 Å². The second-order valence-corrected chi connectivity index (χ2v) is 21.8. The van der Waals surface area contributed by atoms with Crippen molar-refractivity contribution in [2.45, 2.75) is 24.2 Å². The molecule has 0 aliphatic heterocycles. The van der Waals surface area contributed by atoms with Gasteiger partial charge in [0.05, 0.1) is 0 Å². The highest BCUT2D eigenvalue weighted by atomic mass is 79.9. The van der Waals surface area contributed by atoms with Crippen LogP contribution >= 0.6 is 143 Å². The van der Waals surface area contributed by atoms with E-state index in [4.69, 9.17) is 0 Å². The van der Waals surface area contributed by atoms with E-state index in [1.165, 1.54) is 0 Å². The third-order valence-electron chi connectivity index (χ3n) is 4.12. The van der Waals surface area contributed by atoms with Crippen molar-refractivity contribution in [3.8, 4) is 0 Å². The van der Waals surface area contributed by atoms with Crippen LogP contribution in [0.2, 0.25) is 0 Å². The summed E-state index contributed by atoms with van der Waals surface area (Å²) in [6, 6.07) is 20.5. The third kappa shape index (κ3) is 4.62. The molecule has 2 aromatic rings. The average molecular weight is 948 g/mol. The van der Waals surface area contributed by atoms with Crippen molar-refractivity contribution >= 4 is 143 Å². The molecule has 0 aliphatic carbocycles. The van der Waals surface area contributed by atoms with Crippen LogP contribution in [0.1, 0.15) is 18.1 Å². The Hall–Kier alpha value is 2.76. The minimum absolute atomic E-state index is 0.520. The molecule has 0 aliphatic rings. The van der Waals surface area contributed by atoms with E-state index in [9.17, 15) is 0 Å². The lowest BCUT2D eigenvalue weighted by Gasteiger charge is -2.53. The summed E-state index contributed by atoms with van der Waals surface area (Å²) in [6.45, 7) is 2.00. The second-order valence-electron chi connectivity index (χ2n) is 6.00. The van der Waals surface area contributed by atoms with Crippen molar-refractivity contribution in [2.75, 3.05) is 0 Å². The van der Waals surface area contributed by atoms with Crippen molar-refractivity contribution in [1.29, 1.82) is 0 Å². The summed E-state index contributed by atoms with van der Waals surface area (Å²) in [5, 5.41) is 0. The molecule has 0 nitrogen and oxygen atoms in total. The molecule has 148 valence electrons. The largest absolute Gasteiger partial charge is 0.135 e. The van der Waals surface area contributed by atoms with Gasteiger partial charge in [0.15, 0.2) is 0 Å². The Kier molecular flexibility index (Phi) is 8.98. The van der Waals surface area contributed by atoms with E-state index in [-0.39, 0.29) is 0 Å². The fourth-order valence-corrected chi connectivity index (χ4v) is 10.1. The maximum absolute atomic E-state index is 4.09. The molecule has 2 aromatic carbocycles. The molecule has 0 heterocycles. The lowest BCUT2D eigenvalue weighted by molar-refractivity contribution is 0.585. The molecule has 0 aromatic heterocycles. The second kappa shape index (κ2) is 9.32. The smallest absolute Gasteiger partial charge is 0.0723 e. The highest BCUT2D eigenvalue weighted by Gasteiger charge is 2.69.